The maximum Gasteiger partial charge on any atom is 0.160 e. The summed E-state index contributed by atoms with van der Waals surface area (Å²) >= 11 is 0. The van der Waals surface area contributed by atoms with Crippen molar-refractivity contribution < 1.29 is 10.2 Å². The predicted molar refractivity (Wildman–Crippen MR) is 104 cm³/mol. The summed E-state index contributed by atoms with van der Waals surface area (Å²) in [7, 11) is 0. The van der Waals surface area contributed by atoms with Crippen LogP contribution >= 0.6 is 0 Å². The minimum absolute atomic E-state index is 0.0368. The first-order valence-electron chi connectivity index (χ1n) is 10.4. The Morgan fingerprint density at radius 1 is 0.760 bits per heavy atom. The zero-order valence-electron chi connectivity index (χ0n) is 16.2. The number of benzene rings is 1. The Kier molecular flexibility index (Phi) is 5.65. The topological polar surface area (TPSA) is 40.5 Å². The SMILES string of the molecule is CC1(CCCCCc2c(CCCCC3(C)CC3)ccc(O)c2O)CC1. The van der Waals surface area contributed by atoms with Gasteiger partial charge in [0.1, 0.15) is 0 Å². The van der Waals surface area contributed by atoms with E-state index in [1.165, 1.54) is 69.8 Å². The smallest absolute Gasteiger partial charge is 0.160 e. The number of aromatic hydroxyl groups is 2. The van der Waals surface area contributed by atoms with E-state index in [2.05, 4.69) is 13.8 Å². The van der Waals surface area contributed by atoms with Crippen LogP contribution in [0.15, 0.2) is 12.1 Å². The second-order valence-electron chi connectivity index (χ2n) is 9.46. The molecule has 1 aromatic rings. The molecule has 0 bridgehead atoms. The Bertz CT molecular complexity index is 582. The van der Waals surface area contributed by atoms with E-state index in [1.807, 2.05) is 6.07 Å². The summed E-state index contributed by atoms with van der Waals surface area (Å²) in [6.45, 7) is 4.79. The first-order valence-corrected chi connectivity index (χ1v) is 10.4. The highest BCUT2D eigenvalue weighted by Crippen LogP contribution is 2.50. The fraction of sp³-hybridized carbons (Fsp3) is 0.739. The zero-order valence-corrected chi connectivity index (χ0v) is 16.2. The van der Waals surface area contributed by atoms with Gasteiger partial charge in [0.05, 0.1) is 0 Å². The summed E-state index contributed by atoms with van der Waals surface area (Å²) in [5.74, 6) is 0.163. The average molecular weight is 345 g/mol. The van der Waals surface area contributed by atoms with Gasteiger partial charge in [-0.15, -0.1) is 0 Å². The van der Waals surface area contributed by atoms with Crippen molar-refractivity contribution >= 4 is 0 Å². The van der Waals surface area contributed by atoms with E-state index in [0.29, 0.717) is 10.8 Å². The van der Waals surface area contributed by atoms with E-state index in [-0.39, 0.29) is 11.5 Å². The maximum atomic E-state index is 10.3. The standard InChI is InChI=1S/C23H36O2/c1-22(14-15-22)12-6-3-4-9-19-18(10-11-20(24)21(19)25)8-5-7-13-23(2)16-17-23/h10-11,24-25H,3-9,12-17H2,1-2H3. The first kappa shape index (κ1) is 18.6. The molecule has 0 atom stereocenters. The Morgan fingerprint density at radius 3 is 1.92 bits per heavy atom. The number of aryl methyl sites for hydroxylation is 1. The summed E-state index contributed by atoms with van der Waals surface area (Å²) in [6, 6.07) is 3.68. The monoisotopic (exact) mass is 344 g/mol. The summed E-state index contributed by atoms with van der Waals surface area (Å²) < 4.78 is 0. The maximum absolute atomic E-state index is 10.3. The Hall–Kier alpha value is -1.18. The van der Waals surface area contributed by atoms with Crippen molar-refractivity contribution in [2.24, 2.45) is 10.8 Å². The lowest BCUT2D eigenvalue weighted by Gasteiger charge is -2.14. The number of hydrogen-bond acceptors (Lipinski definition) is 2. The molecule has 0 saturated heterocycles. The number of unbranched alkanes of at least 4 members (excludes halogenated alkanes) is 3. The molecule has 2 heteroatoms. The molecule has 2 fully saturated rings. The molecule has 0 aliphatic heterocycles. The molecular weight excluding hydrogens is 308 g/mol. The van der Waals surface area contributed by atoms with Gasteiger partial charge in [0.15, 0.2) is 11.5 Å². The van der Waals surface area contributed by atoms with Crippen LogP contribution in [0.5, 0.6) is 11.5 Å². The molecule has 2 aliphatic carbocycles. The fourth-order valence-corrected chi connectivity index (χ4v) is 4.00. The van der Waals surface area contributed by atoms with Crippen LogP contribution in [0.4, 0.5) is 0 Å². The first-order chi connectivity index (χ1) is 11.9. The summed E-state index contributed by atoms with van der Waals surface area (Å²) in [4.78, 5) is 0. The van der Waals surface area contributed by atoms with Crippen LogP contribution in [-0.2, 0) is 12.8 Å². The van der Waals surface area contributed by atoms with Crippen molar-refractivity contribution in [2.75, 3.05) is 0 Å². The van der Waals surface area contributed by atoms with Gasteiger partial charge in [0.25, 0.3) is 0 Å². The van der Waals surface area contributed by atoms with Gasteiger partial charge >= 0.3 is 0 Å². The molecule has 2 saturated carbocycles. The molecule has 2 N–H and O–H groups in total. The summed E-state index contributed by atoms with van der Waals surface area (Å²) in [6.07, 6.45) is 16.3. The van der Waals surface area contributed by atoms with Crippen molar-refractivity contribution in [1.82, 2.24) is 0 Å². The van der Waals surface area contributed by atoms with Crippen LogP contribution in [-0.4, -0.2) is 10.2 Å². The van der Waals surface area contributed by atoms with Crippen LogP contribution in [0.1, 0.15) is 95.6 Å². The van der Waals surface area contributed by atoms with E-state index in [4.69, 9.17) is 0 Å². The van der Waals surface area contributed by atoms with Gasteiger partial charge in [-0.2, -0.15) is 0 Å². The normalized spacial score (nSPS) is 19.8. The third-order valence-corrected chi connectivity index (χ3v) is 6.75. The van der Waals surface area contributed by atoms with Crippen LogP contribution in [0.2, 0.25) is 0 Å². The average Bonchev–Trinajstić information content (AvgIpc) is 3.49. The largest absolute Gasteiger partial charge is 0.504 e. The van der Waals surface area contributed by atoms with Crippen molar-refractivity contribution in [3.8, 4) is 11.5 Å². The molecular formula is C23H36O2. The number of rotatable bonds is 11. The second-order valence-corrected chi connectivity index (χ2v) is 9.46. The molecule has 3 rings (SSSR count). The van der Waals surface area contributed by atoms with Crippen molar-refractivity contribution in [3.05, 3.63) is 23.3 Å². The molecule has 0 heterocycles. The van der Waals surface area contributed by atoms with Crippen LogP contribution in [0.3, 0.4) is 0 Å². The van der Waals surface area contributed by atoms with Gasteiger partial charge in [0, 0.05) is 5.56 Å². The third-order valence-electron chi connectivity index (χ3n) is 6.75. The van der Waals surface area contributed by atoms with Crippen molar-refractivity contribution in [2.45, 2.75) is 97.3 Å². The lowest BCUT2D eigenvalue weighted by molar-refractivity contribution is 0.397. The third kappa shape index (κ3) is 5.39. The van der Waals surface area contributed by atoms with Crippen molar-refractivity contribution in [1.29, 1.82) is 0 Å². The lowest BCUT2D eigenvalue weighted by atomic mass is 9.93. The second kappa shape index (κ2) is 7.60. The quantitative estimate of drug-likeness (QED) is 0.354. The van der Waals surface area contributed by atoms with Crippen LogP contribution < -0.4 is 0 Å². The fourth-order valence-electron chi connectivity index (χ4n) is 4.00. The van der Waals surface area contributed by atoms with Crippen LogP contribution in [0.25, 0.3) is 0 Å². The molecule has 1 aromatic carbocycles. The van der Waals surface area contributed by atoms with Gasteiger partial charge in [-0.1, -0.05) is 39.2 Å². The Labute approximate surface area is 153 Å². The van der Waals surface area contributed by atoms with Gasteiger partial charge in [-0.05, 0) is 86.7 Å². The van der Waals surface area contributed by atoms with E-state index in [9.17, 15) is 10.2 Å². The Morgan fingerprint density at radius 2 is 1.32 bits per heavy atom. The van der Waals surface area contributed by atoms with E-state index in [1.54, 1.807) is 6.07 Å². The van der Waals surface area contributed by atoms with E-state index >= 15 is 0 Å². The predicted octanol–water partition coefficient (Wildman–Crippen LogP) is 6.51. The highest BCUT2D eigenvalue weighted by atomic mass is 16.3. The zero-order chi connectivity index (χ0) is 17.9. The molecule has 2 nitrogen and oxygen atoms in total. The minimum Gasteiger partial charge on any atom is -0.504 e. The molecule has 0 unspecified atom stereocenters. The highest BCUT2D eigenvalue weighted by molar-refractivity contribution is 5.49. The van der Waals surface area contributed by atoms with Crippen molar-refractivity contribution in [3.63, 3.8) is 0 Å². The van der Waals surface area contributed by atoms with Gasteiger partial charge in [0.2, 0.25) is 0 Å². The summed E-state index contributed by atoms with van der Waals surface area (Å²) in [5.41, 5.74) is 3.52. The number of hydrogen-bond donors (Lipinski definition) is 2. The minimum atomic E-state index is 0.0368. The van der Waals surface area contributed by atoms with Gasteiger partial charge < -0.3 is 10.2 Å². The van der Waals surface area contributed by atoms with Gasteiger partial charge in [-0.25, -0.2) is 0 Å². The van der Waals surface area contributed by atoms with Crippen LogP contribution in [0, 0.1) is 10.8 Å². The van der Waals surface area contributed by atoms with Gasteiger partial charge in [-0.3, -0.25) is 0 Å². The molecule has 0 amide bonds. The molecule has 0 spiro atoms. The van der Waals surface area contributed by atoms with E-state index < -0.39 is 0 Å². The molecule has 0 radical (unpaired) electrons. The highest BCUT2D eigenvalue weighted by Gasteiger charge is 2.36. The lowest BCUT2D eigenvalue weighted by Crippen LogP contribution is -1.99. The molecule has 0 aromatic heterocycles. The Balaban J connectivity index is 1.46. The summed E-state index contributed by atoms with van der Waals surface area (Å²) in [5, 5.41) is 20.2. The molecule has 140 valence electrons. The number of phenols is 2. The van der Waals surface area contributed by atoms with E-state index in [0.717, 1.165) is 24.8 Å². The molecule has 2 aliphatic rings. The number of phenolic OH excluding ortho intramolecular Hbond substituents is 2. The molecule has 25 heavy (non-hydrogen) atoms.